The van der Waals surface area contributed by atoms with E-state index in [0.29, 0.717) is 17.7 Å². The Morgan fingerprint density at radius 2 is 2.18 bits per heavy atom. The summed E-state index contributed by atoms with van der Waals surface area (Å²) in [6, 6.07) is 0. The van der Waals surface area contributed by atoms with E-state index in [1.165, 1.54) is 17.2 Å². The summed E-state index contributed by atoms with van der Waals surface area (Å²) >= 11 is 0. The molecule has 0 saturated carbocycles. The van der Waals surface area contributed by atoms with Crippen molar-refractivity contribution in [1.29, 1.82) is 0 Å². The van der Waals surface area contributed by atoms with Gasteiger partial charge in [0.25, 0.3) is 5.91 Å². The smallest absolute Gasteiger partial charge is 0.252 e. The molecule has 1 amide bonds. The summed E-state index contributed by atoms with van der Waals surface area (Å²) in [5, 5.41) is 22.7. The van der Waals surface area contributed by atoms with E-state index < -0.39 is 30.4 Å². The lowest BCUT2D eigenvalue weighted by molar-refractivity contribution is -0.137. The number of amides is 1. The van der Waals surface area contributed by atoms with Gasteiger partial charge in [0.05, 0.1) is 6.33 Å². The second kappa shape index (κ2) is 5.48. The highest BCUT2D eigenvalue weighted by atomic mass is 16.6. The van der Waals surface area contributed by atoms with Crippen molar-refractivity contribution in [3.63, 3.8) is 0 Å². The van der Waals surface area contributed by atoms with Crippen LogP contribution in [0, 0.1) is 0 Å². The van der Waals surface area contributed by atoms with Crippen LogP contribution in [-0.4, -0.2) is 60.5 Å². The van der Waals surface area contributed by atoms with Gasteiger partial charge in [-0.3, -0.25) is 9.36 Å². The first kappa shape index (κ1) is 14.6. The lowest BCUT2D eigenvalue weighted by atomic mass is 10.1. The van der Waals surface area contributed by atoms with Gasteiger partial charge in [0.1, 0.15) is 24.1 Å². The van der Waals surface area contributed by atoms with Crippen LogP contribution in [0.1, 0.15) is 13.2 Å². The molecule has 2 aromatic heterocycles. The minimum Gasteiger partial charge on any atom is -0.387 e. The van der Waals surface area contributed by atoms with Gasteiger partial charge in [-0.2, -0.15) is 0 Å². The first-order chi connectivity index (χ1) is 10.5. The minimum absolute atomic E-state index is 0.192. The Morgan fingerprint density at radius 1 is 1.41 bits per heavy atom. The number of aliphatic hydroxyl groups excluding tert-OH is 2. The number of nitrogens with two attached hydrogens (primary N) is 1. The number of aromatic nitrogens is 4. The summed E-state index contributed by atoms with van der Waals surface area (Å²) in [7, 11) is 0. The molecule has 0 aliphatic carbocycles. The summed E-state index contributed by atoms with van der Waals surface area (Å²) in [6.45, 7) is 2.14. The Kier molecular flexibility index (Phi) is 3.64. The molecule has 4 atom stereocenters. The third-order valence-electron chi connectivity index (χ3n) is 3.51. The van der Waals surface area contributed by atoms with Gasteiger partial charge in [-0.15, -0.1) is 0 Å². The number of hydrogen-bond acceptors (Lipinski definition) is 8. The summed E-state index contributed by atoms with van der Waals surface area (Å²) in [5.74, 6) is -0.299. The molecule has 0 unspecified atom stereocenters. The van der Waals surface area contributed by atoms with E-state index in [9.17, 15) is 15.0 Å². The molecule has 0 spiro atoms. The third-order valence-corrected chi connectivity index (χ3v) is 3.51. The van der Waals surface area contributed by atoms with E-state index >= 15 is 0 Å². The van der Waals surface area contributed by atoms with E-state index in [2.05, 4.69) is 20.3 Å². The lowest BCUT2D eigenvalue weighted by Gasteiger charge is -2.16. The summed E-state index contributed by atoms with van der Waals surface area (Å²) < 4.78 is 6.92. The summed E-state index contributed by atoms with van der Waals surface area (Å²) in [6.07, 6.45) is -2.20. The maximum absolute atomic E-state index is 11.9. The normalized spacial score (nSPS) is 28.1. The third kappa shape index (κ3) is 2.17. The number of aliphatic hydroxyl groups is 2. The number of nitrogen functional groups attached to an aromatic ring is 1. The monoisotopic (exact) mass is 308 g/mol. The van der Waals surface area contributed by atoms with E-state index in [4.69, 9.17) is 10.5 Å². The molecule has 0 bridgehead atoms. The van der Waals surface area contributed by atoms with Crippen molar-refractivity contribution in [2.24, 2.45) is 0 Å². The van der Waals surface area contributed by atoms with Crippen molar-refractivity contribution in [2.75, 3.05) is 12.3 Å². The van der Waals surface area contributed by atoms with Gasteiger partial charge >= 0.3 is 0 Å². The Balaban J connectivity index is 1.94. The van der Waals surface area contributed by atoms with E-state index in [0.717, 1.165) is 0 Å². The number of hydrogen-bond donors (Lipinski definition) is 4. The Labute approximate surface area is 124 Å². The Hall–Kier alpha value is -2.30. The fraction of sp³-hybridized carbons (Fsp3) is 0.500. The van der Waals surface area contributed by atoms with E-state index in [1.54, 1.807) is 6.92 Å². The number of carbonyl (C=O) groups excluding carboxylic acids is 1. The van der Waals surface area contributed by atoms with Gasteiger partial charge in [-0.05, 0) is 6.92 Å². The van der Waals surface area contributed by atoms with Gasteiger partial charge in [-0.25, -0.2) is 15.0 Å². The standard InChI is InChI=1S/C12H16N6O4/c1-2-14-11(21)8-6(19)7(20)12(22-8)18-4-17-5-9(13)15-3-16-10(5)18/h3-4,6-8,12,19-20H,2H2,1H3,(H,14,21)(H2,13,15,16)/t6-,7-,8+,12-/m0/s1. The molecule has 118 valence electrons. The Morgan fingerprint density at radius 3 is 2.91 bits per heavy atom. The molecule has 3 heterocycles. The number of anilines is 1. The van der Waals surface area contributed by atoms with Crippen LogP contribution < -0.4 is 11.1 Å². The number of imidazole rings is 1. The molecule has 0 radical (unpaired) electrons. The molecular formula is C12H16N6O4. The highest BCUT2D eigenvalue weighted by Crippen LogP contribution is 2.31. The van der Waals surface area contributed by atoms with Crippen LogP contribution in [0.25, 0.3) is 11.2 Å². The van der Waals surface area contributed by atoms with Crippen molar-refractivity contribution >= 4 is 22.9 Å². The molecule has 2 aromatic rings. The summed E-state index contributed by atoms with van der Waals surface area (Å²) in [4.78, 5) is 23.8. The van der Waals surface area contributed by atoms with Crippen LogP contribution in [0.4, 0.5) is 5.82 Å². The predicted molar refractivity (Wildman–Crippen MR) is 74.3 cm³/mol. The average molecular weight is 308 g/mol. The molecule has 1 aliphatic heterocycles. The number of ether oxygens (including phenoxy) is 1. The second-order valence-corrected chi connectivity index (χ2v) is 4.91. The highest BCUT2D eigenvalue weighted by Gasteiger charge is 2.47. The van der Waals surface area contributed by atoms with Crippen molar-refractivity contribution in [2.45, 2.75) is 31.5 Å². The molecule has 3 rings (SSSR count). The number of likely N-dealkylation sites (N-methyl/N-ethyl adjacent to an activating group) is 1. The largest absolute Gasteiger partial charge is 0.387 e. The maximum atomic E-state index is 11.9. The molecule has 1 fully saturated rings. The quantitative estimate of drug-likeness (QED) is 0.517. The molecule has 0 aromatic carbocycles. The van der Waals surface area contributed by atoms with Crippen LogP contribution in [-0.2, 0) is 9.53 Å². The molecule has 1 saturated heterocycles. The van der Waals surface area contributed by atoms with Gasteiger partial charge in [0.15, 0.2) is 23.8 Å². The number of rotatable bonds is 3. The van der Waals surface area contributed by atoms with Crippen molar-refractivity contribution in [1.82, 2.24) is 24.8 Å². The van der Waals surface area contributed by atoms with Crippen molar-refractivity contribution in [3.8, 4) is 0 Å². The molecule has 22 heavy (non-hydrogen) atoms. The van der Waals surface area contributed by atoms with Crippen LogP contribution >= 0.6 is 0 Å². The lowest BCUT2D eigenvalue weighted by Crippen LogP contribution is -2.42. The van der Waals surface area contributed by atoms with Crippen LogP contribution in [0.3, 0.4) is 0 Å². The summed E-state index contributed by atoms with van der Waals surface area (Å²) in [5.41, 5.74) is 6.40. The zero-order chi connectivity index (χ0) is 15.9. The number of nitrogens with zero attached hydrogens (tertiary/aromatic N) is 4. The molecule has 10 heteroatoms. The molecule has 10 nitrogen and oxygen atoms in total. The van der Waals surface area contributed by atoms with Gasteiger partial charge in [0, 0.05) is 6.54 Å². The van der Waals surface area contributed by atoms with E-state index in [1.807, 2.05) is 0 Å². The topological polar surface area (TPSA) is 148 Å². The van der Waals surface area contributed by atoms with Crippen LogP contribution in [0.5, 0.6) is 0 Å². The number of nitrogens with one attached hydrogen (secondary N) is 1. The number of carbonyl (C=O) groups is 1. The average Bonchev–Trinajstić information content (AvgIpc) is 3.03. The minimum atomic E-state index is -1.35. The first-order valence-electron chi connectivity index (χ1n) is 6.77. The highest BCUT2D eigenvalue weighted by molar-refractivity contribution is 5.82. The maximum Gasteiger partial charge on any atom is 0.252 e. The zero-order valence-corrected chi connectivity index (χ0v) is 11.7. The fourth-order valence-electron chi connectivity index (χ4n) is 2.44. The molecule has 5 N–H and O–H groups in total. The van der Waals surface area contributed by atoms with Crippen molar-refractivity contribution in [3.05, 3.63) is 12.7 Å². The zero-order valence-electron chi connectivity index (χ0n) is 11.7. The van der Waals surface area contributed by atoms with E-state index in [-0.39, 0.29) is 5.82 Å². The van der Waals surface area contributed by atoms with Crippen LogP contribution in [0.15, 0.2) is 12.7 Å². The second-order valence-electron chi connectivity index (χ2n) is 4.91. The predicted octanol–water partition coefficient (Wildman–Crippen LogP) is -1.84. The van der Waals surface area contributed by atoms with Gasteiger partial charge in [-0.1, -0.05) is 0 Å². The van der Waals surface area contributed by atoms with Crippen LogP contribution in [0.2, 0.25) is 0 Å². The Bertz CT molecular complexity index is 704. The SMILES string of the molecule is CCNC(=O)[C@@H]1O[C@H](n2cnc3c(N)ncnc32)[C@@H](O)[C@@H]1O. The van der Waals surface area contributed by atoms with Gasteiger partial charge < -0.3 is 26.0 Å². The number of fused-ring (bicyclic) bond motifs is 1. The van der Waals surface area contributed by atoms with Gasteiger partial charge in [0.2, 0.25) is 0 Å². The first-order valence-corrected chi connectivity index (χ1v) is 6.77. The van der Waals surface area contributed by atoms with Crippen molar-refractivity contribution < 1.29 is 19.7 Å². The molecular weight excluding hydrogens is 292 g/mol. The fourth-order valence-corrected chi connectivity index (χ4v) is 2.44. The molecule has 1 aliphatic rings.